The van der Waals surface area contributed by atoms with Crippen LogP contribution in [0.5, 0.6) is 0 Å². The molecule has 3 heteroatoms. The predicted octanol–water partition coefficient (Wildman–Crippen LogP) is 1.81. The van der Waals surface area contributed by atoms with E-state index < -0.39 is 0 Å². The van der Waals surface area contributed by atoms with Gasteiger partial charge in [-0.15, -0.1) is 0 Å². The Morgan fingerprint density at radius 3 is 2.47 bits per heavy atom. The minimum absolute atomic E-state index is 0.0584. The van der Waals surface area contributed by atoms with Crippen molar-refractivity contribution in [2.24, 2.45) is 11.1 Å². The van der Waals surface area contributed by atoms with Crippen molar-refractivity contribution in [1.82, 2.24) is 5.32 Å². The first-order valence-corrected chi connectivity index (χ1v) is 5.93. The second kappa shape index (κ2) is 4.97. The van der Waals surface area contributed by atoms with Gasteiger partial charge in [0.2, 0.25) is 5.91 Å². The van der Waals surface area contributed by atoms with Gasteiger partial charge in [0, 0.05) is 18.5 Å². The van der Waals surface area contributed by atoms with Gasteiger partial charge in [-0.3, -0.25) is 4.79 Å². The molecule has 1 fully saturated rings. The van der Waals surface area contributed by atoms with Gasteiger partial charge in [-0.1, -0.05) is 33.6 Å². The second-order valence-corrected chi connectivity index (χ2v) is 5.86. The standard InChI is InChI=1S/C12H24N2O/c1-12(2,3)8-11(15)14-10-7-5-4-6-9(10)13/h9-10H,4-8,13H2,1-3H3,(H,14,15)/t9-,10-/m1/s1. The van der Waals surface area contributed by atoms with Gasteiger partial charge < -0.3 is 11.1 Å². The lowest BCUT2D eigenvalue weighted by Crippen LogP contribution is -2.49. The van der Waals surface area contributed by atoms with E-state index in [1.54, 1.807) is 0 Å². The number of rotatable bonds is 2. The smallest absolute Gasteiger partial charge is 0.220 e. The van der Waals surface area contributed by atoms with E-state index in [0.717, 1.165) is 12.8 Å². The Hall–Kier alpha value is -0.570. The molecular formula is C12H24N2O. The summed E-state index contributed by atoms with van der Waals surface area (Å²) in [5.74, 6) is 0.143. The molecule has 0 heterocycles. The fraction of sp³-hybridized carbons (Fsp3) is 0.917. The molecule has 1 saturated carbocycles. The minimum Gasteiger partial charge on any atom is -0.352 e. The molecule has 0 unspecified atom stereocenters. The molecule has 3 nitrogen and oxygen atoms in total. The van der Waals surface area contributed by atoms with Crippen LogP contribution in [-0.2, 0) is 4.79 Å². The van der Waals surface area contributed by atoms with Crippen molar-refractivity contribution in [2.75, 3.05) is 0 Å². The molecule has 0 aromatic heterocycles. The van der Waals surface area contributed by atoms with Gasteiger partial charge in [-0.2, -0.15) is 0 Å². The number of carbonyl (C=O) groups excluding carboxylic acids is 1. The number of nitrogens with one attached hydrogen (secondary N) is 1. The zero-order valence-corrected chi connectivity index (χ0v) is 10.2. The topological polar surface area (TPSA) is 55.1 Å². The maximum atomic E-state index is 11.7. The van der Waals surface area contributed by atoms with Crippen molar-refractivity contribution in [3.05, 3.63) is 0 Å². The number of nitrogens with two attached hydrogens (primary N) is 1. The van der Waals surface area contributed by atoms with Gasteiger partial charge in [-0.05, 0) is 18.3 Å². The van der Waals surface area contributed by atoms with Crippen molar-refractivity contribution in [3.8, 4) is 0 Å². The first-order chi connectivity index (χ1) is 6.88. The summed E-state index contributed by atoms with van der Waals surface area (Å²) < 4.78 is 0. The molecule has 15 heavy (non-hydrogen) atoms. The summed E-state index contributed by atoms with van der Waals surface area (Å²) in [4.78, 5) is 11.7. The zero-order chi connectivity index (χ0) is 11.5. The Balaban J connectivity index is 2.36. The second-order valence-electron chi connectivity index (χ2n) is 5.86. The van der Waals surface area contributed by atoms with Crippen LogP contribution in [0.15, 0.2) is 0 Å². The Morgan fingerprint density at radius 1 is 1.33 bits per heavy atom. The molecular weight excluding hydrogens is 188 g/mol. The molecule has 0 bridgehead atoms. The van der Waals surface area contributed by atoms with Crippen LogP contribution in [0.2, 0.25) is 0 Å². The maximum Gasteiger partial charge on any atom is 0.220 e. The number of hydrogen-bond acceptors (Lipinski definition) is 2. The SMILES string of the molecule is CC(C)(C)CC(=O)N[C@@H]1CCCC[C@H]1N. The molecule has 0 saturated heterocycles. The maximum absolute atomic E-state index is 11.7. The molecule has 3 N–H and O–H groups in total. The third-order valence-electron chi connectivity index (χ3n) is 2.86. The average Bonchev–Trinajstić information content (AvgIpc) is 2.05. The lowest BCUT2D eigenvalue weighted by molar-refractivity contribution is -0.123. The molecule has 0 radical (unpaired) electrons. The van der Waals surface area contributed by atoms with Crippen molar-refractivity contribution in [3.63, 3.8) is 0 Å². The van der Waals surface area contributed by atoms with E-state index >= 15 is 0 Å². The van der Waals surface area contributed by atoms with Crippen LogP contribution < -0.4 is 11.1 Å². The number of hydrogen-bond donors (Lipinski definition) is 2. The summed E-state index contributed by atoms with van der Waals surface area (Å²) in [6.07, 6.45) is 5.05. The van der Waals surface area contributed by atoms with Gasteiger partial charge in [0.15, 0.2) is 0 Å². The van der Waals surface area contributed by atoms with Gasteiger partial charge >= 0.3 is 0 Å². The molecule has 88 valence electrons. The largest absolute Gasteiger partial charge is 0.352 e. The first kappa shape index (κ1) is 12.5. The summed E-state index contributed by atoms with van der Waals surface area (Å²) in [7, 11) is 0. The van der Waals surface area contributed by atoms with Crippen LogP contribution in [0, 0.1) is 5.41 Å². The quantitative estimate of drug-likeness (QED) is 0.733. The average molecular weight is 212 g/mol. The van der Waals surface area contributed by atoms with Gasteiger partial charge in [-0.25, -0.2) is 0 Å². The van der Waals surface area contributed by atoms with E-state index in [2.05, 4.69) is 26.1 Å². The van der Waals surface area contributed by atoms with E-state index in [-0.39, 0.29) is 23.4 Å². The molecule has 0 aliphatic heterocycles. The molecule has 1 aliphatic rings. The Bertz CT molecular complexity index is 220. The van der Waals surface area contributed by atoms with Crippen LogP contribution in [-0.4, -0.2) is 18.0 Å². The number of amides is 1. The number of carbonyl (C=O) groups is 1. The van der Waals surface area contributed by atoms with Crippen LogP contribution in [0.3, 0.4) is 0 Å². The summed E-state index contributed by atoms with van der Waals surface area (Å²) in [5.41, 5.74) is 6.03. The third-order valence-corrected chi connectivity index (χ3v) is 2.86. The lowest BCUT2D eigenvalue weighted by Gasteiger charge is -2.30. The van der Waals surface area contributed by atoms with Crippen LogP contribution in [0.1, 0.15) is 52.9 Å². The van der Waals surface area contributed by atoms with Gasteiger partial charge in [0.1, 0.15) is 0 Å². The van der Waals surface area contributed by atoms with Crippen LogP contribution in [0.4, 0.5) is 0 Å². The summed E-state index contributed by atoms with van der Waals surface area (Å²) in [6, 6.07) is 0.358. The van der Waals surface area contributed by atoms with E-state index in [0.29, 0.717) is 6.42 Å². The third kappa shape index (κ3) is 4.65. The highest BCUT2D eigenvalue weighted by Crippen LogP contribution is 2.20. The highest BCUT2D eigenvalue weighted by Gasteiger charge is 2.24. The van der Waals surface area contributed by atoms with E-state index in [9.17, 15) is 4.79 Å². The molecule has 1 amide bonds. The summed E-state index contributed by atoms with van der Waals surface area (Å²) in [5, 5.41) is 3.06. The highest BCUT2D eigenvalue weighted by molar-refractivity contribution is 5.76. The zero-order valence-electron chi connectivity index (χ0n) is 10.2. The Morgan fingerprint density at radius 2 is 1.93 bits per heavy atom. The van der Waals surface area contributed by atoms with Crippen molar-refractivity contribution in [2.45, 2.75) is 65.0 Å². The Kier molecular flexibility index (Phi) is 4.14. The van der Waals surface area contributed by atoms with E-state index in [4.69, 9.17) is 5.73 Å². The summed E-state index contributed by atoms with van der Waals surface area (Å²) >= 11 is 0. The highest BCUT2D eigenvalue weighted by atomic mass is 16.1. The monoisotopic (exact) mass is 212 g/mol. The van der Waals surface area contributed by atoms with Crippen molar-refractivity contribution >= 4 is 5.91 Å². The molecule has 1 rings (SSSR count). The van der Waals surface area contributed by atoms with Crippen molar-refractivity contribution < 1.29 is 4.79 Å². The molecule has 0 aromatic rings. The first-order valence-electron chi connectivity index (χ1n) is 5.93. The molecule has 0 aromatic carbocycles. The van der Waals surface area contributed by atoms with Gasteiger partial charge in [0.05, 0.1) is 0 Å². The summed E-state index contributed by atoms with van der Waals surface area (Å²) in [6.45, 7) is 6.23. The fourth-order valence-electron chi connectivity index (χ4n) is 2.08. The Labute approximate surface area is 92.8 Å². The van der Waals surface area contributed by atoms with Crippen LogP contribution >= 0.6 is 0 Å². The van der Waals surface area contributed by atoms with E-state index in [1.807, 2.05) is 0 Å². The molecule has 0 spiro atoms. The normalized spacial score (nSPS) is 27.5. The van der Waals surface area contributed by atoms with E-state index in [1.165, 1.54) is 12.8 Å². The predicted molar refractivity (Wildman–Crippen MR) is 62.4 cm³/mol. The van der Waals surface area contributed by atoms with Gasteiger partial charge in [0.25, 0.3) is 0 Å². The fourth-order valence-corrected chi connectivity index (χ4v) is 2.08. The molecule has 1 aliphatic carbocycles. The lowest BCUT2D eigenvalue weighted by atomic mass is 9.89. The van der Waals surface area contributed by atoms with Crippen molar-refractivity contribution in [1.29, 1.82) is 0 Å². The van der Waals surface area contributed by atoms with Crippen LogP contribution in [0.25, 0.3) is 0 Å². The molecule has 2 atom stereocenters. The minimum atomic E-state index is 0.0584.